The molecule has 2 rings (SSSR count). The smallest absolute Gasteiger partial charge is 0.283 e. The summed E-state index contributed by atoms with van der Waals surface area (Å²) in [5, 5.41) is 10.8. The highest BCUT2D eigenvalue weighted by atomic mass is 32.1. The molecule has 0 radical (unpaired) electrons. The molecule has 1 aromatic carbocycles. The van der Waals surface area contributed by atoms with Crippen LogP contribution in [0.1, 0.15) is 20.1 Å². The average molecular weight is 334 g/mol. The van der Waals surface area contributed by atoms with Gasteiger partial charge < -0.3 is 9.64 Å². The molecule has 7 heteroatoms. The number of hydrogen-bond donors (Lipinski definition) is 0. The van der Waals surface area contributed by atoms with E-state index in [-0.39, 0.29) is 11.6 Å². The van der Waals surface area contributed by atoms with E-state index in [0.29, 0.717) is 22.9 Å². The highest BCUT2D eigenvalue weighted by Crippen LogP contribution is 2.28. The zero-order valence-corrected chi connectivity index (χ0v) is 14.1. The van der Waals surface area contributed by atoms with E-state index in [0.717, 1.165) is 22.6 Å². The van der Waals surface area contributed by atoms with E-state index in [2.05, 4.69) is 0 Å². The van der Waals surface area contributed by atoms with E-state index >= 15 is 0 Å². The minimum atomic E-state index is -0.469. The highest BCUT2D eigenvalue weighted by molar-refractivity contribution is 7.14. The van der Waals surface area contributed by atoms with Crippen molar-refractivity contribution in [3.63, 3.8) is 0 Å². The molecule has 0 atom stereocenters. The SMILES string of the molecule is Cc1ccc(OCCN(C)C(=O)c2cc([N+](=O)[O-])c(C)s2)cc1. The molecule has 0 saturated heterocycles. The van der Waals surface area contributed by atoms with Crippen molar-refractivity contribution in [3.05, 3.63) is 55.8 Å². The van der Waals surface area contributed by atoms with Gasteiger partial charge in [-0.3, -0.25) is 14.9 Å². The molecule has 0 saturated carbocycles. The summed E-state index contributed by atoms with van der Waals surface area (Å²) in [6.07, 6.45) is 0. The summed E-state index contributed by atoms with van der Waals surface area (Å²) in [5.74, 6) is 0.512. The molecular formula is C16H18N2O4S. The molecule has 0 aliphatic carbocycles. The van der Waals surface area contributed by atoms with Crippen molar-refractivity contribution in [2.24, 2.45) is 0 Å². The van der Waals surface area contributed by atoms with Crippen LogP contribution in [0.5, 0.6) is 5.75 Å². The molecule has 1 heterocycles. The third-order valence-electron chi connectivity index (χ3n) is 3.36. The Bertz CT molecular complexity index is 709. The Morgan fingerprint density at radius 3 is 2.52 bits per heavy atom. The van der Waals surface area contributed by atoms with Crippen molar-refractivity contribution < 1.29 is 14.5 Å². The Morgan fingerprint density at radius 2 is 1.96 bits per heavy atom. The first kappa shape index (κ1) is 17.0. The number of rotatable bonds is 6. The molecular weight excluding hydrogens is 316 g/mol. The van der Waals surface area contributed by atoms with Crippen LogP contribution in [0.25, 0.3) is 0 Å². The molecule has 0 aliphatic rings. The van der Waals surface area contributed by atoms with Crippen LogP contribution in [-0.4, -0.2) is 35.9 Å². The number of hydrogen-bond acceptors (Lipinski definition) is 5. The summed E-state index contributed by atoms with van der Waals surface area (Å²) in [6, 6.07) is 9.00. The van der Waals surface area contributed by atoms with Gasteiger partial charge in [0.1, 0.15) is 12.4 Å². The topological polar surface area (TPSA) is 72.7 Å². The van der Waals surface area contributed by atoms with Gasteiger partial charge in [-0.05, 0) is 26.0 Å². The number of thiophene rings is 1. The quantitative estimate of drug-likeness (QED) is 0.599. The van der Waals surface area contributed by atoms with Crippen LogP contribution >= 0.6 is 11.3 Å². The zero-order valence-electron chi connectivity index (χ0n) is 13.2. The fraction of sp³-hybridized carbons (Fsp3) is 0.312. The lowest BCUT2D eigenvalue weighted by Crippen LogP contribution is -2.30. The molecule has 0 unspecified atom stereocenters. The van der Waals surface area contributed by atoms with Gasteiger partial charge in [-0.2, -0.15) is 0 Å². The van der Waals surface area contributed by atoms with Crippen molar-refractivity contribution in [3.8, 4) is 5.75 Å². The second-order valence-corrected chi connectivity index (χ2v) is 6.45. The lowest BCUT2D eigenvalue weighted by molar-refractivity contribution is -0.385. The van der Waals surface area contributed by atoms with Crippen LogP contribution in [0.3, 0.4) is 0 Å². The summed E-state index contributed by atoms with van der Waals surface area (Å²) in [5.41, 5.74) is 1.14. The van der Waals surface area contributed by atoms with Crippen LogP contribution in [0.2, 0.25) is 0 Å². The molecule has 0 bridgehead atoms. The highest BCUT2D eigenvalue weighted by Gasteiger charge is 2.21. The molecule has 0 fully saturated rings. The van der Waals surface area contributed by atoms with Gasteiger partial charge in [-0.1, -0.05) is 17.7 Å². The molecule has 1 aromatic heterocycles. The van der Waals surface area contributed by atoms with Gasteiger partial charge in [0, 0.05) is 13.1 Å². The van der Waals surface area contributed by atoms with E-state index in [4.69, 9.17) is 4.74 Å². The van der Waals surface area contributed by atoms with Crippen molar-refractivity contribution in [1.29, 1.82) is 0 Å². The van der Waals surface area contributed by atoms with E-state index in [1.165, 1.54) is 11.0 Å². The molecule has 1 amide bonds. The number of nitro groups is 1. The van der Waals surface area contributed by atoms with Gasteiger partial charge in [-0.15, -0.1) is 11.3 Å². The normalized spacial score (nSPS) is 10.4. The van der Waals surface area contributed by atoms with Gasteiger partial charge in [0.25, 0.3) is 11.6 Å². The Kier molecular flexibility index (Phi) is 5.33. The molecule has 0 aliphatic heterocycles. The van der Waals surface area contributed by atoms with Crippen LogP contribution in [0, 0.1) is 24.0 Å². The standard InChI is InChI=1S/C16H18N2O4S/c1-11-4-6-13(7-5-11)22-9-8-17(3)16(19)15-10-14(18(20)21)12(2)23-15/h4-7,10H,8-9H2,1-3H3. The Balaban J connectivity index is 1.91. The maximum absolute atomic E-state index is 12.3. The second kappa shape index (κ2) is 7.23. The fourth-order valence-electron chi connectivity index (χ4n) is 1.98. The van der Waals surface area contributed by atoms with Crippen LogP contribution < -0.4 is 4.74 Å². The summed E-state index contributed by atoms with van der Waals surface area (Å²) < 4.78 is 5.59. The average Bonchev–Trinajstić information content (AvgIpc) is 2.90. The largest absolute Gasteiger partial charge is 0.492 e. The Labute approximate surface area is 138 Å². The molecule has 0 N–H and O–H groups in total. The van der Waals surface area contributed by atoms with E-state index < -0.39 is 4.92 Å². The van der Waals surface area contributed by atoms with Gasteiger partial charge in [0.15, 0.2) is 0 Å². The molecule has 0 spiro atoms. The minimum absolute atomic E-state index is 0.0114. The monoisotopic (exact) mass is 334 g/mol. The van der Waals surface area contributed by atoms with Gasteiger partial charge in [0.05, 0.1) is 21.2 Å². The molecule has 23 heavy (non-hydrogen) atoms. The number of ether oxygens (including phenoxy) is 1. The molecule has 2 aromatic rings. The third-order valence-corrected chi connectivity index (χ3v) is 4.39. The first-order valence-corrected chi connectivity index (χ1v) is 7.90. The molecule has 6 nitrogen and oxygen atoms in total. The van der Waals surface area contributed by atoms with Crippen molar-refractivity contribution in [1.82, 2.24) is 4.90 Å². The van der Waals surface area contributed by atoms with E-state index in [1.54, 1.807) is 14.0 Å². The zero-order chi connectivity index (χ0) is 17.0. The number of aryl methyl sites for hydroxylation is 2. The van der Waals surface area contributed by atoms with Crippen LogP contribution in [0.15, 0.2) is 30.3 Å². The maximum atomic E-state index is 12.3. The van der Waals surface area contributed by atoms with E-state index in [9.17, 15) is 14.9 Å². The summed E-state index contributed by atoms with van der Waals surface area (Å²) in [4.78, 5) is 25.1. The van der Waals surface area contributed by atoms with Crippen LogP contribution in [0.4, 0.5) is 5.69 Å². The lowest BCUT2D eigenvalue weighted by Gasteiger charge is -2.16. The fourth-order valence-corrected chi connectivity index (χ4v) is 2.97. The number of likely N-dealkylation sites (N-methyl/N-ethyl adjacent to an activating group) is 1. The first-order valence-electron chi connectivity index (χ1n) is 7.08. The number of carbonyl (C=O) groups is 1. The Morgan fingerprint density at radius 1 is 1.30 bits per heavy atom. The second-order valence-electron chi connectivity index (χ2n) is 5.20. The predicted molar refractivity (Wildman–Crippen MR) is 89.3 cm³/mol. The number of amides is 1. The summed E-state index contributed by atoms with van der Waals surface area (Å²) >= 11 is 1.14. The van der Waals surface area contributed by atoms with Crippen LogP contribution in [-0.2, 0) is 0 Å². The number of carbonyl (C=O) groups excluding carboxylic acids is 1. The lowest BCUT2D eigenvalue weighted by atomic mass is 10.2. The summed E-state index contributed by atoms with van der Waals surface area (Å²) in [6.45, 7) is 4.40. The van der Waals surface area contributed by atoms with Gasteiger partial charge in [-0.25, -0.2) is 0 Å². The van der Waals surface area contributed by atoms with Crippen molar-refractivity contribution in [2.45, 2.75) is 13.8 Å². The predicted octanol–water partition coefficient (Wildman–Crippen LogP) is 3.42. The maximum Gasteiger partial charge on any atom is 0.283 e. The third kappa shape index (κ3) is 4.29. The van der Waals surface area contributed by atoms with Crippen molar-refractivity contribution in [2.75, 3.05) is 20.2 Å². The molecule has 122 valence electrons. The van der Waals surface area contributed by atoms with Gasteiger partial charge in [0.2, 0.25) is 0 Å². The Hall–Kier alpha value is -2.41. The number of nitrogens with zero attached hydrogens (tertiary/aromatic N) is 2. The van der Waals surface area contributed by atoms with E-state index in [1.807, 2.05) is 31.2 Å². The number of benzene rings is 1. The minimum Gasteiger partial charge on any atom is -0.492 e. The van der Waals surface area contributed by atoms with Gasteiger partial charge >= 0.3 is 0 Å². The first-order chi connectivity index (χ1) is 10.9. The van der Waals surface area contributed by atoms with Crippen molar-refractivity contribution >= 4 is 22.9 Å². The summed E-state index contributed by atoms with van der Waals surface area (Å²) in [7, 11) is 1.65.